The van der Waals surface area contributed by atoms with E-state index in [-0.39, 0.29) is 0 Å². The summed E-state index contributed by atoms with van der Waals surface area (Å²) in [6.07, 6.45) is 0. The van der Waals surface area contributed by atoms with Crippen LogP contribution in [-0.2, 0) is 0 Å². The van der Waals surface area contributed by atoms with Gasteiger partial charge in [0, 0.05) is 10.8 Å². The minimum absolute atomic E-state index is 0.736. The van der Waals surface area contributed by atoms with Crippen molar-refractivity contribution < 1.29 is 28.4 Å². The second-order valence-corrected chi connectivity index (χ2v) is 8.06. The maximum atomic E-state index is 5.41. The zero-order valence-corrected chi connectivity index (χ0v) is 21.7. The van der Waals surface area contributed by atoms with Crippen LogP contribution < -0.4 is 28.4 Å². The normalized spacial score (nSPS) is 10.3. The van der Waals surface area contributed by atoms with E-state index in [1.165, 1.54) is 0 Å². The molecule has 0 saturated heterocycles. The van der Waals surface area contributed by atoms with Gasteiger partial charge in [0.15, 0.2) is 23.0 Å². The molecule has 0 radical (unpaired) electrons. The molecule has 0 unspecified atom stereocenters. The van der Waals surface area contributed by atoms with Crippen molar-refractivity contribution in [3.63, 3.8) is 0 Å². The topological polar surface area (TPSA) is 55.4 Å². The summed E-state index contributed by atoms with van der Waals surface area (Å²) in [4.78, 5) is 0. The van der Waals surface area contributed by atoms with Crippen LogP contribution in [0.1, 0.15) is 0 Å². The molecular formula is C26H27IO6. The predicted molar refractivity (Wildman–Crippen MR) is 140 cm³/mol. The van der Waals surface area contributed by atoms with E-state index in [0.29, 0.717) is 0 Å². The van der Waals surface area contributed by atoms with E-state index in [1.54, 1.807) is 42.7 Å². The number of fused-ring (bicyclic) bond motifs is 2. The van der Waals surface area contributed by atoms with E-state index in [9.17, 15) is 0 Å². The molecule has 0 aliphatic rings. The van der Waals surface area contributed by atoms with Crippen molar-refractivity contribution in [1.82, 2.24) is 0 Å². The van der Waals surface area contributed by atoms with Crippen LogP contribution in [0.2, 0.25) is 0 Å². The Hall–Kier alpha value is -3.07. The molecular weight excluding hydrogens is 535 g/mol. The van der Waals surface area contributed by atoms with Gasteiger partial charge in [0.2, 0.25) is 0 Å². The third-order valence-electron chi connectivity index (χ3n) is 5.20. The van der Waals surface area contributed by atoms with Gasteiger partial charge >= 0.3 is 0 Å². The van der Waals surface area contributed by atoms with Crippen molar-refractivity contribution in [3.05, 3.63) is 58.2 Å². The molecule has 33 heavy (non-hydrogen) atoms. The number of halogens is 1. The number of benzene rings is 4. The summed E-state index contributed by atoms with van der Waals surface area (Å²) < 4.78 is 32.8. The Morgan fingerprint density at radius 2 is 1.03 bits per heavy atom. The Morgan fingerprint density at radius 1 is 0.485 bits per heavy atom. The molecule has 4 aromatic carbocycles. The van der Waals surface area contributed by atoms with Crippen molar-refractivity contribution in [1.29, 1.82) is 0 Å². The second kappa shape index (κ2) is 11.2. The van der Waals surface area contributed by atoms with Gasteiger partial charge in [-0.2, -0.15) is 0 Å². The predicted octanol–water partition coefficient (Wildman–Crippen LogP) is 6.34. The lowest BCUT2D eigenvalue weighted by Gasteiger charge is -2.12. The zero-order valence-electron chi connectivity index (χ0n) is 19.5. The average Bonchev–Trinajstić information content (AvgIpc) is 2.86. The fraction of sp³-hybridized carbons (Fsp3) is 0.231. The Labute approximate surface area is 207 Å². The molecule has 0 bridgehead atoms. The molecule has 0 saturated carbocycles. The van der Waals surface area contributed by atoms with Gasteiger partial charge in [-0.15, -0.1) is 0 Å². The number of methoxy groups -OCH3 is 6. The molecule has 0 amide bonds. The van der Waals surface area contributed by atoms with Gasteiger partial charge in [-0.3, -0.25) is 0 Å². The van der Waals surface area contributed by atoms with E-state index in [4.69, 9.17) is 28.4 Å². The van der Waals surface area contributed by atoms with Crippen LogP contribution in [0.4, 0.5) is 0 Å². The first kappa shape index (κ1) is 24.6. The van der Waals surface area contributed by atoms with Crippen molar-refractivity contribution in [2.75, 3.05) is 42.7 Å². The third-order valence-corrected chi connectivity index (χ3v) is 6.04. The minimum atomic E-state index is 0.736. The molecule has 7 heteroatoms. The van der Waals surface area contributed by atoms with E-state index >= 15 is 0 Å². The Morgan fingerprint density at radius 3 is 1.55 bits per heavy atom. The van der Waals surface area contributed by atoms with Crippen LogP contribution in [-0.4, -0.2) is 42.7 Å². The van der Waals surface area contributed by atoms with Crippen LogP contribution in [0.5, 0.6) is 34.5 Å². The molecule has 0 N–H and O–H groups in total. The highest BCUT2D eigenvalue weighted by Crippen LogP contribution is 2.39. The first-order valence-corrected chi connectivity index (χ1v) is 11.2. The van der Waals surface area contributed by atoms with Crippen LogP contribution in [0.25, 0.3) is 21.5 Å². The maximum absolute atomic E-state index is 5.41. The van der Waals surface area contributed by atoms with Gasteiger partial charge in [-0.05, 0) is 75.8 Å². The van der Waals surface area contributed by atoms with Crippen molar-refractivity contribution in [2.24, 2.45) is 0 Å². The van der Waals surface area contributed by atoms with Crippen molar-refractivity contribution in [3.8, 4) is 34.5 Å². The highest BCUT2D eigenvalue weighted by Gasteiger charge is 2.12. The van der Waals surface area contributed by atoms with Crippen LogP contribution >= 0.6 is 22.6 Å². The molecule has 0 aliphatic heterocycles. The zero-order chi connectivity index (χ0) is 24.0. The molecule has 0 heterocycles. The van der Waals surface area contributed by atoms with Gasteiger partial charge in [-0.25, -0.2) is 0 Å². The highest BCUT2D eigenvalue weighted by molar-refractivity contribution is 14.1. The lowest BCUT2D eigenvalue weighted by atomic mass is 10.1. The molecule has 0 fully saturated rings. The summed E-state index contributed by atoms with van der Waals surface area (Å²) in [5.74, 6) is 4.68. The smallest absolute Gasteiger partial charge is 0.168 e. The van der Waals surface area contributed by atoms with Crippen molar-refractivity contribution >= 4 is 44.1 Å². The molecule has 0 aromatic heterocycles. The Bertz CT molecular complexity index is 1250. The lowest BCUT2D eigenvalue weighted by Crippen LogP contribution is -1.93. The Balaban J connectivity index is 0.000000186. The maximum Gasteiger partial charge on any atom is 0.168 e. The van der Waals surface area contributed by atoms with Crippen LogP contribution in [0.15, 0.2) is 54.6 Å². The highest BCUT2D eigenvalue weighted by atomic mass is 127. The summed E-state index contributed by atoms with van der Waals surface area (Å²) in [5, 5.41) is 4.18. The summed E-state index contributed by atoms with van der Waals surface area (Å²) >= 11 is 2.24. The SMILES string of the molecule is COc1cc2ccc(OC)c(OC)c2cc1I.COc1ccc2c(OC)c(OC)ccc2c1. The van der Waals surface area contributed by atoms with E-state index in [1.807, 2.05) is 54.6 Å². The van der Waals surface area contributed by atoms with Gasteiger partial charge in [0.05, 0.1) is 46.2 Å². The summed E-state index contributed by atoms with van der Waals surface area (Å²) in [5.41, 5.74) is 0. The first-order valence-electron chi connectivity index (χ1n) is 10.1. The largest absolute Gasteiger partial charge is 0.497 e. The van der Waals surface area contributed by atoms with Gasteiger partial charge in [-0.1, -0.05) is 12.1 Å². The Kier molecular flexibility index (Phi) is 8.32. The standard InChI is InChI=1S/C13H13IO3.C13H14O3/c1-15-11-5-4-8-6-12(16-2)10(14)7-9(8)13(11)17-3;1-14-10-5-6-11-9(8-10)4-7-12(15-2)13(11)16-3/h4-7H,1-3H3;4-8H,1-3H3. The fourth-order valence-corrected chi connectivity index (χ4v) is 4.25. The molecule has 6 nitrogen and oxygen atoms in total. The molecule has 4 aromatic rings. The van der Waals surface area contributed by atoms with Gasteiger partial charge in [0.25, 0.3) is 0 Å². The van der Waals surface area contributed by atoms with Crippen LogP contribution in [0.3, 0.4) is 0 Å². The van der Waals surface area contributed by atoms with Gasteiger partial charge < -0.3 is 28.4 Å². The van der Waals surface area contributed by atoms with E-state index in [0.717, 1.165) is 59.6 Å². The monoisotopic (exact) mass is 562 g/mol. The van der Waals surface area contributed by atoms with E-state index in [2.05, 4.69) is 22.6 Å². The third kappa shape index (κ3) is 5.13. The van der Waals surface area contributed by atoms with Crippen LogP contribution in [0, 0.1) is 3.57 Å². The molecule has 0 spiro atoms. The average molecular weight is 562 g/mol. The number of hydrogen-bond donors (Lipinski definition) is 0. The molecule has 0 aliphatic carbocycles. The molecule has 174 valence electrons. The molecule has 0 atom stereocenters. The number of ether oxygens (including phenoxy) is 6. The fourth-order valence-electron chi connectivity index (χ4n) is 3.56. The summed E-state index contributed by atoms with van der Waals surface area (Å²) in [6, 6.07) is 17.6. The van der Waals surface area contributed by atoms with E-state index < -0.39 is 0 Å². The lowest BCUT2D eigenvalue weighted by molar-refractivity contribution is 0.358. The summed E-state index contributed by atoms with van der Waals surface area (Å²) in [7, 11) is 9.88. The number of hydrogen-bond acceptors (Lipinski definition) is 6. The number of rotatable bonds is 6. The second-order valence-electron chi connectivity index (χ2n) is 6.90. The summed E-state index contributed by atoms with van der Waals surface area (Å²) in [6.45, 7) is 0. The quantitative estimate of drug-likeness (QED) is 0.256. The minimum Gasteiger partial charge on any atom is -0.497 e. The molecule has 4 rings (SSSR count). The first-order chi connectivity index (χ1) is 16.0. The van der Waals surface area contributed by atoms with Crippen molar-refractivity contribution in [2.45, 2.75) is 0 Å². The van der Waals surface area contributed by atoms with Gasteiger partial charge in [0.1, 0.15) is 11.5 Å².